The summed E-state index contributed by atoms with van der Waals surface area (Å²) < 4.78 is 47.7. The van der Waals surface area contributed by atoms with Crippen molar-refractivity contribution >= 4 is 16.9 Å². The third-order valence-electron chi connectivity index (χ3n) is 4.24. The Morgan fingerprint density at radius 3 is 2.54 bits per heavy atom. The maximum absolute atomic E-state index is 12.6. The Morgan fingerprint density at radius 2 is 1.92 bits per heavy atom. The topological polar surface area (TPSA) is 63.0 Å². The van der Waals surface area contributed by atoms with Crippen molar-refractivity contribution in [3.05, 3.63) is 40.2 Å². The van der Waals surface area contributed by atoms with E-state index >= 15 is 0 Å². The van der Waals surface area contributed by atoms with Crippen molar-refractivity contribution in [2.45, 2.75) is 6.18 Å². The van der Waals surface area contributed by atoms with Crippen LogP contribution in [0.1, 0.15) is 10.4 Å². The number of carbonyl (C=O) groups excluding carboxylic acids is 1. The number of halogens is 3. The number of fused-ring (bicyclic) bond motifs is 1. The van der Waals surface area contributed by atoms with Crippen LogP contribution >= 0.6 is 0 Å². The SMILES string of the molecule is COc1cccc2cc(C(=O)N3CCN(CC(F)(F)F)CC3)c(=O)oc12. The van der Waals surface area contributed by atoms with Gasteiger partial charge in [-0.25, -0.2) is 4.79 Å². The number of nitrogens with zero attached hydrogens (tertiary/aromatic N) is 2. The Labute approximate surface area is 146 Å². The van der Waals surface area contributed by atoms with E-state index in [0.717, 1.165) is 0 Å². The molecule has 26 heavy (non-hydrogen) atoms. The van der Waals surface area contributed by atoms with Gasteiger partial charge in [0, 0.05) is 31.6 Å². The van der Waals surface area contributed by atoms with Gasteiger partial charge in [0.1, 0.15) is 5.56 Å². The van der Waals surface area contributed by atoms with Gasteiger partial charge in [-0.3, -0.25) is 9.69 Å². The molecule has 140 valence electrons. The number of hydrogen-bond donors (Lipinski definition) is 0. The highest BCUT2D eigenvalue weighted by molar-refractivity contribution is 5.97. The predicted molar refractivity (Wildman–Crippen MR) is 87.4 cm³/mol. The van der Waals surface area contributed by atoms with E-state index in [0.29, 0.717) is 11.1 Å². The average molecular weight is 370 g/mol. The summed E-state index contributed by atoms with van der Waals surface area (Å²) in [7, 11) is 1.44. The maximum Gasteiger partial charge on any atom is 0.401 e. The van der Waals surface area contributed by atoms with Crippen molar-refractivity contribution in [1.82, 2.24) is 9.80 Å². The second kappa shape index (κ2) is 6.99. The van der Waals surface area contributed by atoms with E-state index in [1.807, 2.05) is 0 Å². The molecule has 0 saturated carbocycles. The zero-order valence-electron chi connectivity index (χ0n) is 14.0. The van der Waals surface area contributed by atoms with E-state index in [1.54, 1.807) is 18.2 Å². The van der Waals surface area contributed by atoms with Gasteiger partial charge in [0.05, 0.1) is 13.7 Å². The molecule has 2 aromatic rings. The van der Waals surface area contributed by atoms with Gasteiger partial charge in [0.2, 0.25) is 0 Å². The molecule has 1 aliphatic rings. The number of hydrogen-bond acceptors (Lipinski definition) is 5. The van der Waals surface area contributed by atoms with Crippen molar-refractivity contribution in [2.24, 2.45) is 0 Å². The fourth-order valence-electron chi connectivity index (χ4n) is 2.96. The van der Waals surface area contributed by atoms with Gasteiger partial charge in [0.15, 0.2) is 11.3 Å². The molecule has 6 nitrogen and oxygen atoms in total. The lowest BCUT2D eigenvalue weighted by atomic mass is 10.1. The number of carbonyl (C=O) groups is 1. The normalized spacial score (nSPS) is 16.1. The summed E-state index contributed by atoms with van der Waals surface area (Å²) in [5.41, 5.74) is -0.703. The van der Waals surface area contributed by atoms with E-state index in [9.17, 15) is 22.8 Å². The number of benzene rings is 1. The van der Waals surface area contributed by atoms with E-state index in [-0.39, 0.29) is 37.3 Å². The first-order chi connectivity index (χ1) is 12.3. The van der Waals surface area contributed by atoms with Crippen LogP contribution in [0.3, 0.4) is 0 Å². The molecule has 0 N–H and O–H groups in total. The zero-order chi connectivity index (χ0) is 18.9. The van der Waals surface area contributed by atoms with Crippen molar-refractivity contribution in [2.75, 3.05) is 39.8 Å². The molecule has 1 aromatic heterocycles. The summed E-state index contributed by atoms with van der Waals surface area (Å²) in [6.45, 7) is -0.585. The van der Waals surface area contributed by atoms with Crippen molar-refractivity contribution in [1.29, 1.82) is 0 Å². The van der Waals surface area contributed by atoms with Crippen LogP contribution in [0.2, 0.25) is 0 Å². The summed E-state index contributed by atoms with van der Waals surface area (Å²) >= 11 is 0. The molecule has 0 atom stereocenters. The second-order valence-corrected chi connectivity index (χ2v) is 6.01. The fraction of sp³-hybridized carbons (Fsp3) is 0.412. The highest BCUT2D eigenvalue weighted by atomic mass is 19.4. The molecule has 2 heterocycles. The van der Waals surface area contributed by atoms with E-state index in [2.05, 4.69) is 0 Å². The smallest absolute Gasteiger partial charge is 0.401 e. The molecule has 0 unspecified atom stereocenters. The monoisotopic (exact) mass is 370 g/mol. The minimum atomic E-state index is -4.27. The number of rotatable bonds is 3. The van der Waals surface area contributed by atoms with Crippen LogP contribution in [0.25, 0.3) is 11.0 Å². The van der Waals surface area contributed by atoms with Crippen LogP contribution in [-0.4, -0.2) is 61.7 Å². The number of ether oxygens (including phenoxy) is 1. The van der Waals surface area contributed by atoms with Gasteiger partial charge in [0.25, 0.3) is 5.91 Å². The van der Waals surface area contributed by atoms with Crippen LogP contribution in [0.5, 0.6) is 5.75 Å². The Morgan fingerprint density at radius 1 is 1.23 bits per heavy atom. The van der Waals surface area contributed by atoms with Crippen molar-refractivity contribution in [3.63, 3.8) is 0 Å². The number of methoxy groups -OCH3 is 1. The molecule has 0 radical (unpaired) electrons. The lowest BCUT2D eigenvalue weighted by Crippen LogP contribution is -2.51. The number of piperazine rings is 1. The Hall–Kier alpha value is -2.55. The van der Waals surface area contributed by atoms with E-state index in [4.69, 9.17) is 9.15 Å². The van der Waals surface area contributed by atoms with Gasteiger partial charge in [-0.2, -0.15) is 13.2 Å². The maximum atomic E-state index is 12.6. The molecule has 3 rings (SSSR count). The highest BCUT2D eigenvalue weighted by Gasteiger charge is 2.33. The van der Waals surface area contributed by atoms with Crippen molar-refractivity contribution < 1.29 is 27.1 Å². The van der Waals surface area contributed by atoms with E-state index < -0.39 is 24.3 Å². The van der Waals surface area contributed by atoms with Gasteiger partial charge in [-0.15, -0.1) is 0 Å². The molecule has 0 spiro atoms. The summed E-state index contributed by atoms with van der Waals surface area (Å²) in [4.78, 5) is 27.4. The Kier molecular flexibility index (Phi) is 4.90. The molecular weight excluding hydrogens is 353 g/mol. The Bertz CT molecular complexity index is 870. The lowest BCUT2D eigenvalue weighted by molar-refractivity contribution is -0.148. The number of alkyl halides is 3. The summed E-state index contributed by atoms with van der Waals surface area (Å²) in [6.07, 6.45) is -4.27. The first-order valence-electron chi connectivity index (χ1n) is 7.98. The summed E-state index contributed by atoms with van der Waals surface area (Å²) in [5, 5.41) is 0.531. The van der Waals surface area contributed by atoms with Crippen LogP contribution in [0.15, 0.2) is 33.5 Å². The Balaban J connectivity index is 1.79. The minimum Gasteiger partial charge on any atom is -0.493 e. The van der Waals surface area contributed by atoms with Crippen LogP contribution in [0.4, 0.5) is 13.2 Å². The predicted octanol–water partition coefficient (Wildman–Crippen LogP) is 2.12. The largest absolute Gasteiger partial charge is 0.493 e. The van der Waals surface area contributed by atoms with Crippen LogP contribution < -0.4 is 10.4 Å². The molecule has 9 heteroatoms. The van der Waals surface area contributed by atoms with Crippen LogP contribution in [0, 0.1) is 0 Å². The third-order valence-corrected chi connectivity index (χ3v) is 4.24. The number of para-hydroxylation sites is 1. The molecule has 1 aromatic carbocycles. The van der Waals surface area contributed by atoms with Gasteiger partial charge in [-0.1, -0.05) is 12.1 Å². The first-order valence-corrected chi connectivity index (χ1v) is 7.98. The first kappa shape index (κ1) is 18.2. The molecular formula is C17H17F3N2O4. The van der Waals surface area contributed by atoms with E-state index in [1.165, 1.54) is 23.0 Å². The summed E-state index contributed by atoms with van der Waals surface area (Å²) in [6, 6.07) is 6.44. The quantitative estimate of drug-likeness (QED) is 0.775. The molecule has 0 bridgehead atoms. The molecule has 1 saturated heterocycles. The number of amides is 1. The fourth-order valence-corrected chi connectivity index (χ4v) is 2.96. The molecule has 1 amide bonds. The minimum absolute atomic E-state index is 0.0952. The average Bonchev–Trinajstić information content (AvgIpc) is 2.59. The highest BCUT2D eigenvalue weighted by Crippen LogP contribution is 2.25. The van der Waals surface area contributed by atoms with Crippen LogP contribution in [-0.2, 0) is 0 Å². The van der Waals surface area contributed by atoms with Gasteiger partial charge >= 0.3 is 11.8 Å². The van der Waals surface area contributed by atoms with Gasteiger partial charge < -0.3 is 14.1 Å². The zero-order valence-corrected chi connectivity index (χ0v) is 14.0. The third kappa shape index (κ3) is 3.82. The standard InChI is InChI=1S/C17H17F3N2O4/c1-25-13-4-2-3-11-9-12(16(24)26-14(11)13)15(23)22-7-5-21(6-8-22)10-17(18,19)20/h2-4,9H,5-8,10H2,1H3. The molecule has 1 fully saturated rings. The van der Waals surface area contributed by atoms with Gasteiger partial charge in [-0.05, 0) is 12.1 Å². The molecule has 1 aliphatic heterocycles. The lowest BCUT2D eigenvalue weighted by Gasteiger charge is -2.34. The van der Waals surface area contributed by atoms with Crippen molar-refractivity contribution in [3.8, 4) is 5.75 Å². The molecule has 0 aliphatic carbocycles. The summed E-state index contributed by atoms with van der Waals surface area (Å²) in [5.74, 6) is -0.172. The second-order valence-electron chi connectivity index (χ2n) is 6.01.